The van der Waals surface area contributed by atoms with Gasteiger partial charge in [-0.15, -0.1) is 0 Å². The average molecular weight is 746 g/mol. The highest BCUT2D eigenvalue weighted by molar-refractivity contribution is 14.1. The fraction of sp³-hybridized carbons (Fsp3) is 0.190. The number of carbonyl (C=O) groups excluding carboxylic acids is 1. The van der Waals surface area contributed by atoms with Crippen molar-refractivity contribution in [1.29, 1.82) is 0 Å². The normalized spacial score (nSPS) is 14.2. The van der Waals surface area contributed by atoms with Crippen LogP contribution in [0.25, 0.3) is 10.9 Å². The van der Waals surface area contributed by atoms with Crippen molar-refractivity contribution in [2.75, 3.05) is 5.73 Å². The lowest BCUT2D eigenvalue weighted by Crippen LogP contribution is -2.24. The molecule has 1 aliphatic carbocycles. The predicted octanol–water partition coefficient (Wildman–Crippen LogP) is 10.5. The number of nitrogens with zero attached hydrogens (tertiary/aromatic N) is 2. The highest BCUT2D eigenvalue weighted by Crippen LogP contribution is 2.40. The van der Waals surface area contributed by atoms with Gasteiger partial charge in [0, 0.05) is 26.6 Å². The maximum Gasteiger partial charge on any atom is 0.202 e. The maximum atomic E-state index is 14.2. The van der Waals surface area contributed by atoms with Crippen LogP contribution in [0.3, 0.4) is 0 Å². The lowest BCUT2D eigenvalue weighted by molar-refractivity contribution is -0.122. The van der Waals surface area contributed by atoms with Gasteiger partial charge in [-0.1, -0.05) is 141 Å². The molecule has 0 amide bonds. The van der Waals surface area contributed by atoms with Crippen LogP contribution in [0.2, 0.25) is 0 Å². The van der Waals surface area contributed by atoms with Crippen molar-refractivity contribution in [2.24, 2.45) is 10.9 Å². The molecular formula is C42H40IN3O2. The molecule has 3 N–H and O–H groups in total. The van der Waals surface area contributed by atoms with E-state index in [1.807, 2.05) is 144 Å². The van der Waals surface area contributed by atoms with E-state index < -0.39 is 6.04 Å². The molecule has 1 aromatic heterocycles. The number of nitrogens with two attached hydrogens (primary N) is 1. The third kappa shape index (κ3) is 7.71. The number of benzene rings is 5. The number of anilines is 1. The van der Waals surface area contributed by atoms with Crippen LogP contribution in [0, 0.1) is 9.49 Å². The summed E-state index contributed by atoms with van der Waals surface area (Å²) in [5, 5.41) is 13.0. The summed E-state index contributed by atoms with van der Waals surface area (Å²) in [5.41, 5.74) is 11.1. The molecule has 1 atom stereocenters. The third-order valence-corrected chi connectivity index (χ3v) is 9.95. The molecule has 6 heteroatoms. The van der Waals surface area contributed by atoms with Crippen molar-refractivity contribution >= 4 is 56.4 Å². The van der Waals surface area contributed by atoms with Crippen molar-refractivity contribution in [1.82, 2.24) is 4.57 Å². The SMILES string of the molecule is Nc1ccccc1I.O=C(CC1CCCCC1)C(c1ccccc1)n1c(O)c(C(=Nc2ccccc2)c2ccccc2)c2ccccc21. The Morgan fingerprint density at radius 1 is 0.771 bits per heavy atom. The number of ketones is 1. The fourth-order valence-electron chi connectivity index (χ4n) is 6.61. The fourth-order valence-corrected chi connectivity index (χ4v) is 7.00. The lowest BCUT2D eigenvalue weighted by Gasteiger charge is -2.25. The standard InChI is InChI=1S/C36H34N2O2.C6H6IN/c39-32(25-26-15-5-1-6-16-26)35(28-19-9-3-10-20-28)38-31-24-14-13-23-30(31)33(36(38)40)34(27-17-7-2-8-18-27)37-29-21-11-4-12-22-29;7-5-3-1-2-4-6(5)8/h2-4,7-14,17-24,26,35,40H,1,5-6,15-16,25H2;1-4H,8H2. The first-order valence-corrected chi connectivity index (χ1v) is 17.7. The number of nitrogen functional groups attached to an aromatic ring is 1. The highest BCUT2D eigenvalue weighted by atomic mass is 127. The largest absolute Gasteiger partial charge is 0.494 e. The molecule has 5 nitrogen and oxygen atoms in total. The van der Waals surface area contributed by atoms with Crippen molar-refractivity contribution in [2.45, 2.75) is 44.6 Å². The summed E-state index contributed by atoms with van der Waals surface area (Å²) >= 11 is 2.20. The summed E-state index contributed by atoms with van der Waals surface area (Å²) in [7, 11) is 0. The number of halogens is 1. The molecular weight excluding hydrogens is 705 g/mol. The molecule has 1 unspecified atom stereocenters. The summed E-state index contributed by atoms with van der Waals surface area (Å²) in [4.78, 5) is 19.2. The summed E-state index contributed by atoms with van der Waals surface area (Å²) in [6.07, 6.45) is 6.34. The van der Waals surface area contributed by atoms with Gasteiger partial charge >= 0.3 is 0 Å². The second kappa shape index (κ2) is 15.9. The Kier molecular flexibility index (Phi) is 11.0. The highest BCUT2D eigenvalue weighted by Gasteiger charge is 2.32. The minimum Gasteiger partial charge on any atom is -0.494 e. The van der Waals surface area contributed by atoms with Gasteiger partial charge < -0.3 is 10.8 Å². The molecule has 6 aromatic rings. The number of hydrogen-bond donors (Lipinski definition) is 2. The molecule has 0 saturated heterocycles. The molecule has 5 aromatic carbocycles. The minimum absolute atomic E-state index is 0.0607. The Morgan fingerprint density at radius 3 is 2.00 bits per heavy atom. The van der Waals surface area contributed by atoms with Gasteiger partial charge in [0.1, 0.15) is 6.04 Å². The quantitative estimate of drug-likeness (QED) is 0.0925. The Morgan fingerprint density at radius 2 is 1.35 bits per heavy atom. The van der Waals surface area contributed by atoms with Crippen LogP contribution in [-0.2, 0) is 4.79 Å². The molecule has 0 radical (unpaired) electrons. The Labute approximate surface area is 296 Å². The van der Waals surface area contributed by atoms with Crippen molar-refractivity contribution in [3.63, 3.8) is 0 Å². The molecule has 1 fully saturated rings. The van der Waals surface area contributed by atoms with Crippen molar-refractivity contribution in [3.05, 3.63) is 160 Å². The first-order chi connectivity index (χ1) is 23.5. The van der Waals surface area contributed by atoms with Gasteiger partial charge in [-0.2, -0.15) is 0 Å². The number of aromatic nitrogens is 1. The molecule has 242 valence electrons. The van der Waals surface area contributed by atoms with E-state index in [4.69, 9.17) is 10.7 Å². The topological polar surface area (TPSA) is 80.6 Å². The molecule has 0 spiro atoms. The zero-order valence-electron chi connectivity index (χ0n) is 26.9. The van der Waals surface area contributed by atoms with Crippen LogP contribution in [0.15, 0.2) is 145 Å². The summed E-state index contributed by atoms with van der Waals surface area (Å²) in [6.45, 7) is 0. The number of hydrogen-bond acceptors (Lipinski definition) is 4. The number of aromatic hydroxyl groups is 1. The minimum atomic E-state index is -0.629. The van der Waals surface area contributed by atoms with Crippen LogP contribution >= 0.6 is 22.6 Å². The molecule has 1 saturated carbocycles. The first-order valence-electron chi connectivity index (χ1n) is 16.6. The summed E-state index contributed by atoms with van der Waals surface area (Å²) in [5.74, 6) is 0.600. The Bertz CT molecular complexity index is 1960. The Hall–Kier alpha value is -4.69. The van der Waals surface area contributed by atoms with E-state index in [9.17, 15) is 9.90 Å². The number of para-hydroxylation sites is 3. The van der Waals surface area contributed by atoms with E-state index in [0.29, 0.717) is 23.6 Å². The zero-order valence-corrected chi connectivity index (χ0v) is 29.0. The van der Waals surface area contributed by atoms with Gasteiger partial charge in [0.15, 0.2) is 5.78 Å². The van der Waals surface area contributed by atoms with Crippen LogP contribution in [0.4, 0.5) is 11.4 Å². The third-order valence-electron chi connectivity index (χ3n) is 8.96. The van der Waals surface area contributed by atoms with Crippen LogP contribution < -0.4 is 5.73 Å². The second-order valence-electron chi connectivity index (χ2n) is 12.3. The van der Waals surface area contributed by atoms with Crippen molar-refractivity contribution in [3.8, 4) is 5.88 Å². The average Bonchev–Trinajstić information content (AvgIpc) is 3.41. The number of rotatable bonds is 8. The van der Waals surface area contributed by atoms with Crippen LogP contribution in [0.1, 0.15) is 61.3 Å². The number of aliphatic imine (C=N–C) groups is 1. The van der Waals surface area contributed by atoms with Gasteiger partial charge in [-0.3, -0.25) is 9.36 Å². The van der Waals surface area contributed by atoms with Crippen LogP contribution in [-0.4, -0.2) is 21.2 Å². The van der Waals surface area contributed by atoms with E-state index in [-0.39, 0.29) is 11.7 Å². The van der Waals surface area contributed by atoms with E-state index in [0.717, 1.165) is 49.8 Å². The number of carbonyl (C=O) groups is 1. The maximum absolute atomic E-state index is 14.2. The number of fused-ring (bicyclic) bond motifs is 1. The molecule has 1 heterocycles. The van der Waals surface area contributed by atoms with Gasteiger partial charge in [-0.05, 0) is 64.4 Å². The molecule has 1 aliphatic rings. The smallest absolute Gasteiger partial charge is 0.202 e. The van der Waals surface area contributed by atoms with E-state index >= 15 is 0 Å². The van der Waals surface area contributed by atoms with E-state index in [1.165, 1.54) is 19.3 Å². The van der Waals surface area contributed by atoms with Crippen molar-refractivity contribution < 1.29 is 9.90 Å². The molecule has 48 heavy (non-hydrogen) atoms. The monoisotopic (exact) mass is 745 g/mol. The molecule has 0 aliphatic heterocycles. The van der Waals surface area contributed by atoms with Gasteiger partial charge in [0.25, 0.3) is 0 Å². The van der Waals surface area contributed by atoms with E-state index in [1.54, 1.807) is 0 Å². The van der Waals surface area contributed by atoms with Gasteiger partial charge in [0.2, 0.25) is 5.88 Å². The van der Waals surface area contributed by atoms with Gasteiger partial charge in [-0.25, -0.2) is 4.99 Å². The molecule has 7 rings (SSSR count). The lowest BCUT2D eigenvalue weighted by atomic mass is 9.84. The van der Waals surface area contributed by atoms with Gasteiger partial charge in [0.05, 0.1) is 22.5 Å². The van der Waals surface area contributed by atoms with E-state index in [2.05, 4.69) is 22.6 Å². The number of Topliss-reactive ketones (excluding diaryl/α,β-unsaturated/α-hetero) is 1. The summed E-state index contributed by atoms with van der Waals surface area (Å²) < 4.78 is 2.96. The zero-order chi connectivity index (χ0) is 33.3. The summed E-state index contributed by atoms with van der Waals surface area (Å²) in [6, 6.07) is 44.7. The predicted molar refractivity (Wildman–Crippen MR) is 206 cm³/mol. The Balaban J connectivity index is 0.000000441. The molecule has 0 bridgehead atoms. The van der Waals surface area contributed by atoms with Crippen LogP contribution in [0.5, 0.6) is 5.88 Å². The second-order valence-corrected chi connectivity index (χ2v) is 13.4. The first kappa shape index (κ1) is 33.2.